The maximum absolute atomic E-state index is 5.10. The SMILES string of the molecule is CCC(C)(C)c1nc(C(C)(C)C)n(C)c1C(C)(C)CC. The van der Waals surface area contributed by atoms with E-state index in [1.165, 1.54) is 17.2 Å². The maximum atomic E-state index is 5.10. The van der Waals surface area contributed by atoms with Crippen LogP contribution in [0.25, 0.3) is 0 Å². The van der Waals surface area contributed by atoms with Gasteiger partial charge in [0.15, 0.2) is 0 Å². The highest BCUT2D eigenvalue weighted by Gasteiger charge is 2.36. The van der Waals surface area contributed by atoms with Crippen LogP contribution < -0.4 is 0 Å². The van der Waals surface area contributed by atoms with Crippen LogP contribution in [0.1, 0.15) is 92.4 Å². The van der Waals surface area contributed by atoms with Crippen LogP contribution in [0.5, 0.6) is 0 Å². The van der Waals surface area contributed by atoms with Crippen molar-refractivity contribution >= 4 is 0 Å². The van der Waals surface area contributed by atoms with Crippen LogP contribution in [0.15, 0.2) is 0 Å². The Morgan fingerprint density at radius 3 is 1.65 bits per heavy atom. The average molecular weight is 278 g/mol. The summed E-state index contributed by atoms with van der Waals surface area (Å²) >= 11 is 0. The Bertz CT molecular complexity index is 470. The fourth-order valence-electron chi connectivity index (χ4n) is 2.75. The van der Waals surface area contributed by atoms with Gasteiger partial charge < -0.3 is 4.57 Å². The zero-order valence-corrected chi connectivity index (χ0v) is 15.3. The maximum Gasteiger partial charge on any atom is 0.114 e. The lowest BCUT2D eigenvalue weighted by molar-refractivity contribution is 0.427. The molecule has 1 rings (SSSR count). The standard InChI is InChI=1S/C18H34N2/c1-11-17(6,7)13-14(18(8,9)12-2)20(10)15(19-13)16(3,4)5/h11-12H2,1-10H3. The van der Waals surface area contributed by atoms with E-state index in [-0.39, 0.29) is 16.2 Å². The molecule has 0 aromatic carbocycles. The molecule has 0 aliphatic carbocycles. The number of rotatable bonds is 4. The lowest BCUT2D eigenvalue weighted by Gasteiger charge is -2.30. The Morgan fingerprint density at radius 1 is 0.850 bits per heavy atom. The normalized spacial score (nSPS) is 13.9. The van der Waals surface area contributed by atoms with E-state index in [1.54, 1.807) is 0 Å². The van der Waals surface area contributed by atoms with Crippen LogP contribution in [0.4, 0.5) is 0 Å². The van der Waals surface area contributed by atoms with Crippen molar-refractivity contribution in [3.05, 3.63) is 17.2 Å². The largest absolute Gasteiger partial charge is 0.334 e. The molecule has 0 saturated carbocycles. The third kappa shape index (κ3) is 2.94. The van der Waals surface area contributed by atoms with Crippen molar-refractivity contribution in [2.45, 2.75) is 91.4 Å². The highest BCUT2D eigenvalue weighted by molar-refractivity contribution is 5.32. The van der Waals surface area contributed by atoms with Gasteiger partial charge in [0, 0.05) is 29.0 Å². The van der Waals surface area contributed by atoms with Gasteiger partial charge in [-0.2, -0.15) is 0 Å². The van der Waals surface area contributed by atoms with Crippen molar-refractivity contribution in [1.29, 1.82) is 0 Å². The summed E-state index contributed by atoms with van der Waals surface area (Å²) in [4.78, 5) is 5.10. The topological polar surface area (TPSA) is 17.8 Å². The molecule has 0 saturated heterocycles. The summed E-state index contributed by atoms with van der Waals surface area (Å²) in [6, 6.07) is 0. The molecule has 0 aliphatic heterocycles. The molecule has 0 spiro atoms. The van der Waals surface area contributed by atoms with E-state index >= 15 is 0 Å². The van der Waals surface area contributed by atoms with Gasteiger partial charge in [0.25, 0.3) is 0 Å². The van der Waals surface area contributed by atoms with Gasteiger partial charge in [-0.3, -0.25) is 0 Å². The first-order chi connectivity index (χ1) is 8.88. The van der Waals surface area contributed by atoms with Gasteiger partial charge >= 0.3 is 0 Å². The fraction of sp³-hybridized carbons (Fsp3) is 0.833. The highest BCUT2D eigenvalue weighted by Crippen LogP contribution is 2.39. The number of hydrogen-bond acceptors (Lipinski definition) is 1. The van der Waals surface area contributed by atoms with E-state index < -0.39 is 0 Å². The molecule has 0 N–H and O–H groups in total. The van der Waals surface area contributed by atoms with Crippen molar-refractivity contribution in [2.75, 3.05) is 0 Å². The van der Waals surface area contributed by atoms with E-state index in [1.807, 2.05) is 0 Å². The molecule has 0 unspecified atom stereocenters. The highest BCUT2D eigenvalue weighted by atomic mass is 15.1. The van der Waals surface area contributed by atoms with E-state index in [0.29, 0.717) is 0 Å². The molecule has 0 atom stereocenters. The van der Waals surface area contributed by atoms with Crippen LogP contribution in [-0.4, -0.2) is 9.55 Å². The van der Waals surface area contributed by atoms with Crippen LogP contribution in [-0.2, 0) is 23.3 Å². The second kappa shape index (κ2) is 5.20. The third-order valence-electron chi connectivity index (χ3n) is 4.82. The summed E-state index contributed by atoms with van der Waals surface area (Å²) in [6.45, 7) is 20.6. The molecule has 0 bridgehead atoms. The van der Waals surface area contributed by atoms with Crippen LogP contribution in [0, 0.1) is 0 Å². The first-order valence-corrected chi connectivity index (χ1v) is 7.96. The molecule has 1 aromatic rings. The molecule has 2 heteroatoms. The molecule has 0 aliphatic rings. The van der Waals surface area contributed by atoms with Gasteiger partial charge in [0.2, 0.25) is 0 Å². The predicted molar refractivity (Wildman–Crippen MR) is 88.5 cm³/mol. The number of aromatic nitrogens is 2. The zero-order chi connectivity index (χ0) is 15.9. The minimum absolute atomic E-state index is 0.0788. The summed E-state index contributed by atoms with van der Waals surface area (Å²) in [7, 11) is 2.19. The molecular weight excluding hydrogens is 244 g/mol. The van der Waals surface area contributed by atoms with Gasteiger partial charge in [-0.05, 0) is 12.8 Å². The Balaban J connectivity index is 3.67. The van der Waals surface area contributed by atoms with Crippen LogP contribution in [0.3, 0.4) is 0 Å². The smallest absolute Gasteiger partial charge is 0.114 e. The molecule has 0 radical (unpaired) electrons. The molecule has 20 heavy (non-hydrogen) atoms. The third-order valence-corrected chi connectivity index (χ3v) is 4.82. The van der Waals surface area contributed by atoms with Crippen molar-refractivity contribution in [3.8, 4) is 0 Å². The summed E-state index contributed by atoms with van der Waals surface area (Å²) in [5, 5.41) is 0. The first kappa shape index (κ1) is 17.3. The van der Waals surface area contributed by atoms with Gasteiger partial charge in [-0.15, -0.1) is 0 Å². The molecule has 1 aromatic heterocycles. The predicted octanol–water partition coefficient (Wildman–Crippen LogP) is 5.09. The lowest BCUT2D eigenvalue weighted by Crippen LogP contribution is -2.27. The van der Waals surface area contributed by atoms with E-state index in [9.17, 15) is 0 Å². The number of hydrogen-bond donors (Lipinski definition) is 0. The monoisotopic (exact) mass is 278 g/mol. The summed E-state index contributed by atoms with van der Waals surface area (Å²) in [5.41, 5.74) is 3.07. The van der Waals surface area contributed by atoms with Crippen LogP contribution in [0.2, 0.25) is 0 Å². The van der Waals surface area contributed by atoms with Gasteiger partial charge in [0.1, 0.15) is 5.82 Å². The molecular formula is C18H34N2. The average Bonchev–Trinajstić information content (AvgIpc) is 2.68. The molecule has 0 fully saturated rings. The van der Waals surface area contributed by atoms with Crippen molar-refractivity contribution < 1.29 is 0 Å². The molecule has 2 nitrogen and oxygen atoms in total. The lowest BCUT2D eigenvalue weighted by atomic mass is 9.77. The van der Waals surface area contributed by atoms with Gasteiger partial charge in [0.05, 0.1) is 5.69 Å². The van der Waals surface area contributed by atoms with Crippen molar-refractivity contribution in [3.63, 3.8) is 0 Å². The van der Waals surface area contributed by atoms with Crippen LogP contribution >= 0.6 is 0 Å². The quantitative estimate of drug-likeness (QED) is 0.750. The minimum atomic E-state index is 0.0788. The van der Waals surface area contributed by atoms with E-state index in [0.717, 1.165) is 12.8 Å². The van der Waals surface area contributed by atoms with Gasteiger partial charge in [-0.1, -0.05) is 62.3 Å². The minimum Gasteiger partial charge on any atom is -0.334 e. The second-order valence-electron chi connectivity index (χ2n) is 8.42. The number of imidazole rings is 1. The fourth-order valence-corrected chi connectivity index (χ4v) is 2.75. The summed E-state index contributed by atoms with van der Waals surface area (Å²) in [6.07, 6.45) is 2.24. The molecule has 116 valence electrons. The van der Waals surface area contributed by atoms with Crippen molar-refractivity contribution in [2.24, 2.45) is 7.05 Å². The first-order valence-electron chi connectivity index (χ1n) is 7.96. The summed E-state index contributed by atoms with van der Waals surface area (Å²) < 4.78 is 2.36. The number of nitrogens with zero attached hydrogens (tertiary/aromatic N) is 2. The Labute approximate surface area is 126 Å². The second-order valence-corrected chi connectivity index (χ2v) is 8.42. The van der Waals surface area contributed by atoms with Gasteiger partial charge in [-0.25, -0.2) is 4.98 Å². The molecule has 0 amide bonds. The Kier molecular flexibility index (Phi) is 4.49. The zero-order valence-electron chi connectivity index (χ0n) is 15.3. The molecule has 1 heterocycles. The summed E-state index contributed by atoms with van der Waals surface area (Å²) in [5.74, 6) is 1.20. The Morgan fingerprint density at radius 2 is 1.30 bits per heavy atom. The van der Waals surface area contributed by atoms with E-state index in [2.05, 4.69) is 73.9 Å². The Hall–Kier alpha value is -0.790. The van der Waals surface area contributed by atoms with Crippen molar-refractivity contribution in [1.82, 2.24) is 9.55 Å². The van der Waals surface area contributed by atoms with E-state index in [4.69, 9.17) is 4.98 Å².